The Morgan fingerprint density at radius 3 is 2.57 bits per heavy atom. The fourth-order valence-electron chi connectivity index (χ4n) is 3.53. The number of nitrogens with one attached hydrogen (secondary N) is 1. The van der Waals surface area contributed by atoms with E-state index >= 15 is 0 Å². The van der Waals surface area contributed by atoms with E-state index in [-0.39, 0.29) is 18.1 Å². The van der Waals surface area contributed by atoms with Crippen molar-refractivity contribution in [2.45, 2.75) is 31.8 Å². The average molecular weight is 421 g/mol. The molecule has 1 aliphatic rings. The molecular formula is C21H26Cl2N4O. The van der Waals surface area contributed by atoms with Gasteiger partial charge in [0.25, 0.3) is 0 Å². The molecule has 5 nitrogen and oxygen atoms in total. The Kier molecular flexibility index (Phi) is 6.81. The molecule has 0 saturated carbocycles. The second-order valence-corrected chi connectivity index (χ2v) is 8.12. The van der Waals surface area contributed by atoms with Gasteiger partial charge in [0.05, 0.1) is 21.8 Å². The highest BCUT2D eigenvalue weighted by Crippen LogP contribution is 2.37. The number of halogens is 2. The van der Waals surface area contributed by atoms with Gasteiger partial charge in [0.2, 0.25) is 0 Å². The maximum Gasteiger partial charge on any atom is 0.317 e. The SMILES string of the molecule is CC(NC(=O)N(C)C1CCN(C)CC1)c1ccc(-c2ccccn2)c(Cl)c1Cl. The minimum absolute atomic E-state index is 0.0944. The predicted molar refractivity (Wildman–Crippen MR) is 115 cm³/mol. The lowest BCUT2D eigenvalue weighted by molar-refractivity contribution is 0.146. The molecule has 0 radical (unpaired) electrons. The van der Waals surface area contributed by atoms with Gasteiger partial charge in [-0.15, -0.1) is 0 Å². The highest BCUT2D eigenvalue weighted by molar-refractivity contribution is 6.44. The molecule has 7 heteroatoms. The minimum Gasteiger partial charge on any atom is -0.331 e. The summed E-state index contributed by atoms with van der Waals surface area (Å²) >= 11 is 13.1. The Balaban J connectivity index is 1.71. The Morgan fingerprint density at radius 2 is 1.93 bits per heavy atom. The lowest BCUT2D eigenvalue weighted by Gasteiger charge is -2.35. The largest absolute Gasteiger partial charge is 0.331 e. The molecular weight excluding hydrogens is 395 g/mol. The van der Waals surface area contributed by atoms with Gasteiger partial charge in [-0.05, 0) is 57.6 Å². The van der Waals surface area contributed by atoms with Crippen LogP contribution in [0, 0.1) is 0 Å². The lowest BCUT2D eigenvalue weighted by Crippen LogP contribution is -2.48. The first-order chi connectivity index (χ1) is 13.4. The molecule has 0 bridgehead atoms. The number of hydrogen-bond donors (Lipinski definition) is 1. The summed E-state index contributed by atoms with van der Waals surface area (Å²) in [6, 6.07) is 9.35. The molecule has 2 amide bonds. The van der Waals surface area contributed by atoms with Gasteiger partial charge in [-0.1, -0.05) is 41.4 Å². The zero-order valence-corrected chi connectivity index (χ0v) is 18.0. The number of carbonyl (C=O) groups excluding carboxylic acids is 1. The minimum atomic E-state index is -0.260. The van der Waals surface area contributed by atoms with Crippen LogP contribution >= 0.6 is 23.2 Å². The Morgan fingerprint density at radius 1 is 1.21 bits per heavy atom. The third kappa shape index (κ3) is 4.59. The van der Waals surface area contributed by atoms with Crippen molar-refractivity contribution in [2.75, 3.05) is 27.2 Å². The Hall–Kier alpha value is -1.82. The number of aromatic nitrogens is 1. The van der Waals surface area contributed by atoms with Crippen molar-refractivity contribution in [2.24, 2.45) is 0 Å². The summed E-state index contributed by atoms with van der Waals surface area (Å²) in [4.78, 5) is 21.1. The number of pyridine rings is 1. The molecule has 28 heavy (non-hydrogen) atoms. The van der Waals surface area contributed by atoms with Crippen molar-refractivity contribution in [3.63, 3.8) is 0 Å². The number of hydrogen-bond acceptors (Lipinski definition) is 3. The molecule has 1 aliphatic heterocycles. The van der Waals surface area contributed by atoms with E-state index in [9.17, 15) is 4.79 Å². The third-order valence-corrected chi connectivity index (χ3v) is 6.31. The van der Waals surface area contributed by atoms with Crippen molar-refractivity contribution in [1.82, 2.24) is 20.1 Å². The smallest absolute Gasteiger partial charge is 0.317 e. The number of piperidine rings is 1. The molecule has 1 fully saturated rings. The molecule has 1 aromatic carbocycles. The van der Waals surface area contributed by atoms with Crippen molar-refractivity contribution < 1.29 is 4.79 Å². The van der Waals surface area contributed by atoms with E-state index in [0.717, 1.165) is 42.8 Å². The molecule has 150 valence electrons. The average Bonchev–Trinajstić information content (AvgIpc) is 2.70. The van der Waals surface area contributed by atoms with Gasteiger partial charge in [0.15, 0.2) is 0 Å². The molecule has 0 aliphatic carbocycles. The fourth-order valence-corrected chi connectivity index (χ4v) is 4.13. The Labute approximate surface area is 176 Å². The van der Waals surface area contributed by atoms with Gasteiger partial charge in [0, 0.05) is 24.8 Å². The molecule has 3 rings (SSSR count). The molecule has 0 spiro atoms. The second-order valence-electron chi connectivity index (χ2n) is 7.36. The standard InChI is InChI=1S/C21H26Cl2N4O/c1-14(25-21(28)27(3)15-9-12-26(2)13-10-15)16-7-8-17(20(23)19(16)22)18-6-4-5-11-24-18/h4-8,11,14-15H,9-10,12-13H2,1-3H3,(H,25,28). The van der Waals surface area contributed by atoms with Crippen LogP contribution < -0.4 is 5.32 Å². The van der Waals surface area contributed by atoms with E-state index in [0.29, 0.717) is 10.0 Å². The number of nitrogens with zero attached hydrogens (tertiary/aromatic N) is 3. The number of urea groups is 1. The van der Waals surface area contributed by atoms with Crippen LogP contribution in [0.5, 0.6) is 0 Å². The summed E-state index contributed by atoms with van der Waals surface area (Å²) in [5.74, 6) is 0. The van der Waals surface area contributed by atoms with E-state index in [4.69, 9.17) is 23.2 Å². The molecule has 1 atom stereocenters. The van der Waals surface area contributed by atoms with Crippen molar-refractivity contribution in [3.05, 3.63) is 52.1 Å². The van der Waals surface area contributed by atoms with Crippen LogP contribution in [0.25, 0.3) is 11.3 Å². The van der Waals surface area contributed by atoms with E-state index < -0.39 is 0 Å². The van der Waals surface area contributed by atoms with Gasteiger partial charge in [-0.25, -0.2) is 4.79 Å². The molecule has 1 unspecified atom stereocenters. The quantitative estimate of drug-likeness (QED) is 0.768. The van der Waals surface area contributed by atoms with Gasteiger partial charge >= 0.3 is 6.03 Å². The topological polar surface area (TPSA) is 48.5 Å². The summed E-state index contributed by atoms with van der Waals surface area (Å²) in [6.07, 6.45) is 3.69. The van der Waals surface area contributed by atoms with E-state index in [2.05, 4.69) is 22.2 Å². The number of carbonyl (C=O) groups is 1. The van der Waals surface area contributed by atoms with Crippen molar-refractivity contribution in [1.29, 1.82) is 0 Å². The van der Waals surface area contributed by atoms with Crippen LogP contribution in [0.4, 0.5) is 4.79 Å². The van der Waals surface area contributed by atoms with Crippen LogP contribution in [0.1, 0.15) is 31.4 Å². The van der Waals surface area contributed by atoms with E-state index in [1.807, 2.05) is 44.3 Å². The highest BCUT2D eigenvalue weighted by Gasteiger charge is 2.25. The number of rotatable bonds is 4. The summed E-state index contributed by atoms with van der Waals surface area (Å²) < 4.78 is 0. The first-order valence-electron chi connectivity index (χ1n) is 9.49. The summed E-state index contributed by atoms with van der Waals surface area (Å²) in [5, 5.41) is 3.94. The summed E-state index contributed by atoms with van der Waals surface area (Å²) in [5.41, 5.74) is 2.33. The number of benzene rings is 1. The van der Waals surface area contributed by atoms with Crippen LogP contribution in [0.3, 0.4) is 0 Å². The molecule has 1 saturated heterocycles. The normalized spacial score (nSPS) is 16.6. The summed E-state index contributed by atoms with van der Waals surface area (Å²) in [6.45, 7) is 3.93. The van der Waals surface area contributed by atoms with Crippen molar-refractivity contribution in [3.8, 4) is 11.3 Å². The van der Waals surface area contributed by atoms with Crippen LogP contribution in [0.15, 0.2) is 36.5 Å². The zero-order chi connectivity index (χ0) is 20.3. The number of likely N-dealkylation sites (tertiary alicyclic amines) is 1. The van der Waals surface area contributed by atoms with E-state index in [1.54, 1.807) is 11.1 Å². The first kappa shape index (κ1) is 20.9. The van der Waals surface area contributed by atoms with Crippen LogP contribution in [0.2, 0.25) is 10.0 Å². The van der Waals surface area contributed by atoms with Crippen LogP contribution in [-0.4, -0.2) is 54.0 Å². The number of amides is 2. The maximum absolute atomic E-state index is 12.7. The molecule has 1 N–H and O–H groups in total. The lowest BCUT2D eigenvalue weighted by atomic mass is 10.0. The van der Waals surface area contributed by atoms with Crippen LogP contribution in [-0.2, 0) is 0 Å². The summed E-state index contributed by atoms with van der Waals surface area (Å²) in [7, 11) is 3.97. The zero-order valence-electron chi connectivity index (χ0n) is 16.5. The maximum atomic E-state index is 12.7. The third-order valence-electron chi connectivity index (χ3n) is 5.42. The van der Waals surface area contributed by atoms with E-state index in [1.165, 1.54) is 0 Å². The monoisotopic (exact) mass is 420 g/mol. The Bertz CT molecular complexity index is 823. The van der Waals surface area contributed by atoms with Gasteiger partial charge in [0.1, 0.15) is 0 Å². The van der Waals surface area contributed by atoms with Gasteiger partial charge in [-0.2, -0.15) is 0 Å². The first-order valence-corrected chi connectivity index (χ1v) is 10.2. The molecule has 2 heterocycles. The second kappa shape index (κ2) is 9.12. The van der Waals surface area contributed by atoms with Crippen molar-refractivity contribution >= 4 is 29.2 Å². The van der Waals surface area contributed by atoms with Gasteiger partial charge in [-0.3, -0.25) is 4.98 Å². The molecule has 1 aromatic heterocycles. The predicted octanol–water partition coefficient (Wildman–Crippen LogP) is 4.85. The highest BCUT2D eigenvalue weighted by atomic mass is 35.5. The molecule has 2 aromatic rings. The fraction of sp³-hybridized carbons (Fsp3) is 0.429. The van der Waals surface area contributed by atoms with Gasteiger partial charge < -0.3 is 15.1 Å².